The van der Waals surface area contributed by atoms with Crippen molar-refractivity contribution in [3.63, 3.8) is 0 Å². The molecule has 2 aromatic carbocycles. The van der Waals surface area contributed by atoms with Gasteiger partial charge in [-0.15, -0.1) is 0 Å². The average Bonchev–Trinajstić information content (AvgIpc) is 3.07. The number of carbonyl (C=O) groups excluding carboxylic acids is 2. The lowest BCUT2D eigenvalue weighted by atomic mass is 10.1. The number of rotatable bonds is 7. The van der Waals surface area contributed by atoms with Crippen LogP contribution in [-0.2, 0) is 4.79 Å². The van der Waals surface area contributed by atoms with Crippen LogP contribution in [0.15, 0.2) is 42.5 Å². The number of carbonyl (C=O) groups is 2. The molecule has 1 aliphatic rings. The number of benzene rings is 2. The number of nitrogens with one attached hydrogen (secondary N) is 1. The summed E-state index contributed by atoms with van der Waals surface area (Å²) < 4.78 is 5.13. The Kier molecular flexibility index (Phi) is 7.64. The van der Waals surface area contributed by atoms with Crippen molar-refractivity contribution in [1.29, 1.82) is 0 Å². The lowest BCUT2D eigenvalue weighted by Crippen LogP contribution is -2.35. The number of ether oxygens (including phenoxy) is 1. The molecule has 0 atom stereocenters. The number of nitro benzene ring substituents is 1. The Balaban J connectivity index is 1.70. The third kappa shape index (κ3) is 5.75. The largest absolute Gasteiger partial charge is 0.497 e. The molecule has 9 nitrogen and oxygen atoms in total. The molecular weight excluding hydrogens is 412 g/mol. The van der Waals surface area contributed by atoms with Crippen molar-refractivity contribution in [3.05, 3.63) is 58.1 Å². The predicted octanol–water partition coefficient (Wildman–Crippen LogP) is 3.69. The van der Waals surface area contributed by atoms with Crippen LogP contribution in [0.5, 0.6) is 5.75 Å². The van der Waals surface area contributed by atoms with E-state index >= 15 is 0 Å². The van der Waals surface area contributed by atoms with E-state index in [2.05, 4.69) is 5.32 Å². The number of nitrogens with zero attached hydrogens (tertiary/aromatic N) is 3. The molecule has 0 aromatic heterocycles. The van der Waals surface area contributed by atoms with Gasteiger partial charge in [-0.3, -0.25) is 19.7 Å². The molecule has 0 unspecified atom stereocenters. The maximum Gasteiger partial charge on any atom is 0.293 e. The Morgan fingerprint density at radius 3 is 2.50 bits per heavy atom. The van der Waals surface area contributed by atoms with E-state index in [-0.39, 0.29) is 23.7 Å². The van der Waals surface area contributed by atoms with Crippen molar-refractivity contribution in [1.82, 2.24) is 4.90 Å². The SMILES string of the molecule is COc1cccc(NC(=O)CN(C)C(=O)c2ccc(N3CCCCCC3)c([N+](=O)[O-])c2)c1. The summed E-state index contributed by atoms with van der Waals surface area (Å²) in [6.45, 7) is 1.33. The molecule has 0 bridgehead atoms. The fourth-order valence-electron chi connectivity index (χ4n) is 3.79. The van der Waals surface area contributed by atoms with Crippen LogP contribution in [0.1, 0.15) is 36.0 Å². The van der Waals surface area contributed by atoms with Crippen molar-refractivity contribution in [2.45, 2.75) is 25.7 Å². The molecule has 170 valence electrons. The molecule has 1 N–H and O–H groups in total. The minimum atomic E-state index is -0.462. The topological polar surface area (TPSA) is 105 Å². The molecule has 3 rings (SSSR count). The number of methoxy groups -OCH3 is 1. The third-order valence-corrected chi connectivity index (χ3v) is 5.45. The Bertz CT molecular complexity index is 986. The van der Waals surface area contributed by atoms with Crippen LogP contribution in [0.4, 0.5) is 17.1 Å². The van der Waals surface area contributed by atoms with E-state index in [0.29, 0.717) is 17.1 Å². The van der Waals surface area contributed by atoms with Gasteiger partial charge in [0.2, 0.25) is 5.91 Å². The van der Waals surface area contributed by atoms with Gasteiger partial charge in [0, 0.05) is 43.5 Å². The van der Waals surface area contributed by atoms with E-state index in [0.717, 1.165) is 38.8 Å². The fourth-order valence-corrected chi connectivity index (χ4v) is 3.79. The zero-order chi connectivity index (χ0) is 23.1. The summed E-state index contributed by atoms with van der Waals surface area (Å²) in [6.07, 6.45) is 4.21. The van der Waals surface area contributed by atoms with Gasteiger partial charge in [0.15, 0.2) is 0 Å². The first-order valence-corrected chi connectivity index (χ1v) is 10.6. The van der Waals surface area contributed by atoms with Crippen LogP contribution >= 0.6 is 0 Å². The van der Waals surface area contributed by atoms with Crippen LogP contribution in [0.2, 0.25) is 0 Å². The Labute approximate surface area is 187 Å². The summed E-state index contributed by atoms with van der Waals surface area (Å²) in [6, 6.07) is 11.4. The van der Waals surface area contributed by atoms with Gasteiger partial charge < -0.3 is 19.9 Å². The molecule has 0 radical (unpaired) electrons. The summed E-state index contributed by atoms with van der Waals surface area (Å²) in [5, 5.41) is 14.4. The molecule has 0 saturated carbocycles. The highest BCUT2D eigenvalue weighted by molar-refractivity contribution is 6.00. The van der Waals surface area contributed by atoms with Gasteiger partial charge in [0.1, 0.15) is 11.4 Å². The maximum absolute atomic E-state index is 12.8. The Morgan fingerprint density at radius 1 is 1.12 bits per heavy atom. The first-order chi connectivity index (χ1) is 15.4. The minimum absolute atomic E-state index is 0.0908. The van der Waals surface area contributed by atoms with E-state index < -0.39 is 10.8 Å². The number of amides is 2. The Hall–Kier alpha value is -3.62. The highest BCUT2D eigenvalue weighted by atomic mass is 16.6. The summed E-state index contributed by atoms with van der Waals surface area (Å²) in [4.78, 5) is 39.7. The Morgan fingerprint density at radius 2 is 1.84 bits per heavy atom. The minimum Gasteiger partial charge on any atom is -0.497 e. The van der Waals surface area contributed by atoms with Gasteiger partial charge in [0.25, 0.3) is 11.6 Å². The predicted molar refractivity (Wildman–Crippen MR) is 122 cm³/mol. The number of nitro groups is 1. The van der Waals surface area contributed by atoms with Crippen molar-refractivity contribution in [3.8, 4) is 5.75 Å². The van der Waals surface area contributed by atoms with Crippen LogP contribution in [0.25, 0.3) is 0 Å². The molecule has 1 saturated heterocycles. The number of anilines is 2. The highest BCUT2D eigenvalue weighted by Crippen LogP contribution is 2.31. The quantitative estimate of drug-likeness (QED) is 0.520. The fraction of sp³-hybridized carbons (Fsp3) is 0.391. The monoisotopic (exact) mass is 440 g/mol. The van der Waals surface area contributed by atoms with Gasteiger partial charge >= 0.3 is 0 Å². The average molecular weight is 441 g/mol. The second-order valence-electron chi connectivity index (χ2n) is 7.80. The first-order valence-electron chi connectivity index (χ1n) is 10.6. The first kappa shape index (κ1) is 23.1. The van der Waals surface area contributed by atoms with E-state index in [4.69, 9.17) is 4.74 Å². The van der Waals surface area contributed by atoms with Gasteiger partial charge in [-0.25, -0.2) is 0 Å². The number of hydrogen-bond donors (Lipinski definition) is 1. The van der Waals surface area contributed by atoms with E-state index in [1.54, 1.807) is 36.4 Å². The van der Waals surface area contributed by atoms with Crippen molar-refractivity contribution < 1.29 is 19.2 Å². The third-order valence-electron chi connectivity index (χ3n) is 5.45. The van der Waals surface area contributed by atoms with Gasteiger partial charge in [0.05, 0.1) is 18.6 Å². The van der Waals surface area contributed by atoms with Crippen molar-refractivity contribution in [2.75, 3.05) is 44.0 Å². The second-order valence-corrected chi connectivity index (χ2v) is 7.80. The zero-order valence-corrected chi connectivity index (χ0v) is 18.4. The van der Waals surface area contributed by atoms with E-state index in [1.807, 2.05) is 4.90 Å². The molecule has 2 amide bonds. The molecule has 1 aliphatic heterocycles. The highest BCUT2D eigenvalue weighted by Gasteiger charge is 2.24. The maximum atomic E-state index is 12.8. The summed E-state index contributed by atoms with van der Waals surface area (Å²) in [7, 11) is 3.02. The molecule has 32 heavy (non-hydrogen) atoms. The van der Waals surface area contributed by atoms with Crippen molar-refractivity contribution >= 4 is 28.9 Å². The molecule has 2 aromatic rings. The lowest BCUT2D eigenvalue weighted by molar-refractivity contribution is -0.384. The van der Waals surface area contributed by atoms with Gasteiger partial charge in [-0.2, -0.15) is 0 Å². The second kappa shape index (κ2) is 10.6. The molecule has 9 heteroatoms. The smallest absolute Gasteiger partial charge is 0.293 e. The molecule has 1 heterocycles. The number of hydrogen-bond acceptors (Lipinski definition) is 6. The molecule has 1 fully saturated rings. The van der Waals surface area contributed by atoms with Gasteiger partial charge in [-0.1, -0.05) is 18.9 Å². The molecule has 0 aliphatic carbocycles. The summed E-state index contributed by atoms with van der Waals surface area (Å²) in [5.41, 5.74) is 1.17. The molecular formula is C23H28N4O5. The normalized spacial score (nSPS) is 13.8. The van der Waals surface area contributed by atoms with E-state index in [9.17, 15) is 19.7 Å². The van der Waals surface area contributed by atoms with E-state index in [1.165, 1.54) is 25.1 Å². The zero-order valence-electron chi connectivity index (χ0n) is 18.4. The van der Waals surface area contributed by atoms with Crippen LogP contribution in [0.3, 0.4) is 0 Å². The van der Waals surface area contributed by atoms with Crippen molar-refractivity contribution in [2.24, 2.45) is 0 Å². The summed E-state index contributed by atoms with van der Waals surface area (Å²) >= 11 is 0. The van der Waals surface area contributed by atoms with Crippen LogP contribution in [-0.4, -0.2) is 55.4 Å². The van der Waals surface area contributed by atoms with Crippen LogP contribution in [0, 0.1) is 10.1 Å². The number of likely N-dealkylation sites (N-methyl/N-ethyl adjacent to an activating group) is 1. The molecule has 0 spiro atoms. The lowest BCUT2D eigenvalue weighted by Gasteiger charge is -2.23. The van der Waals surface area contributed by atoms with Gasteiger partial charge in [-0.05, 0) is 37.1 Å². The van der Waals surface area contributed by atoms with Crippen LogP contribution < -0.4 is 15.0 Å². The summed E-state index contributed by atoms with van der Waals surface area (Å²) in [5.74, 6) is -0.245. The standard InChI is InChI=1S/C23H28N4O5/c1-25(16-22(28)24-18-8-7-9-19(15-18)32-2)23(29)17-10-11-20(21(14-17)27(30)31)26-12-5-3-4-6-13-26/h7-11,14-15H,3-6,12-13,16H2,1-2H3,(H,24,28).